The second kappa shape index (κ2) is 9.87. The largest absolute Gasteiger partial charge is 0.377 e. The van der Waals surface area contributed by atoms with Crippen LogP contribution in [0.4, 0.5) is 10.1 Å². The van der Waals surface area contributed by atoms with E-state index in [9.17, 15) is 22.4 Å². The van der Waals surface area contributed by atoms with Crippen LogP contribution in [0.3, 0.4) is 0 Å². The van der Waals surface area contributed by atoms with Crippen molar-refractivity contribution in [2.24, 2.45) is 7.05 Å². The highest BCUT2D eigenvalue weighted by Gasteiger charge is 2.22. The number of pyridine rings is 2. The molecule has 0 aliphatic carbocycles. The molecule has 0 bridgehead atoms. The van der Waals surface area contributed by atoms with Crippen LogP contribution in [0, 0.1) is 12.7 Å². The van der Waals surface area contributed by atoms with Gasteiger partial charge >= 0.3 is 0 Å². The summed E-state index contributed by atoms with van der Waals surface area (Å²) in [5, 5.41) is 3.49. The molecule has 3 aromatic heterocycles. The number of sulfonamides is 1. The Kier molecular flexibility index (Phi) is 6.98. The van der Waals surface area contributed by atoms with Gasteiger partial charge in [-0.15, -0.1) is 0 Å². The van der Waals surface area contributed by atoms with Gasteiger partial charge in [-0.05, 0) is 43.7 Å². The van der Waals surface area contributed by atoms with E-state index in [-0.39, 0.29) is 27.9 Å². The van der Waals surface area contributed by atoms with Gasteiger partial charge in [0.1, 0.15) is 16.8 Å². The van der Waals surface area contributed by atoms with Gasteiger partial charge in [0.05, 0.1) is 35.1 Å². The van der Waals surface area contributed by atoms with Gasteiger partial charge in [0, 0.05) is 24.4 Å². The van der Waals surface area contributed by atoms with Crippen molar-refractivity contribution in [3.8, 4) is 11.4 Å². The van der Waals surface area contributed by atoms with Gasteiger partial charge in [-0.2, -0.15) is 0 Å². The maximum absolute atomic E-state index is 13.9. The predicted octanol–water partition coefficient (Wildman–Crippen LogP) is 3.35. The highest BCUT2D eigenvalue weighted by atomic mass is 35.5. The summed E-state index contributed by atoms with van der Waals surface area (Å²) in [4.78, 5) is 38.4. The lowest BCUT2D eigenvalue weighted by molar-refractivity contribution is 0.0977. The third-order valence-corrected chi connectivity index (χ3v) is 6.28. The first-order valence-corrected chi connectivity index (χ1v) is 13.2. The molecule has 0 saturated heterocycles. The Morgan fingerprint density at radius 2 is 1.89 bits per heavy atom. The molecule has 0 saturated carbocycles. The Hall–Kier alpha value is -3.90. The molecule has 3 heterocycles. The maximum atomic E-state index is 13.9. The number of rotatable bonds is 6. The van der Waals surface area contributed by atoms with Crippen LogP contribution in [0.25, 0.3) is 22.3 Å². The van der Waals surface area contributed by atoms with Crippen LogP contribution in [0.1, 0.15) is 34.6 Å². The van der Waals surface area contributed by atoms with Crippen LogP contribution in [-0.4, -0.2) is 40.1 Å². The van der Waals surface area contributed by atoms with Crippen LogP contribution >= 0.6 is 11.6 Å². The highest BCUT2D eigenvalue weighted by molar-refractivity contribution is 7.89. The van der Waals surface area contributed by atoms with E-state index in [0.717, 1.165) is 18.0 Å². The normalized spacial score (nSPS) is 12.4. The van der Waals surface area contributed by atoms with E-state index in [0.29, 0.717) is 22.0 Å². The molecule has 1 atom stereocenters. The number of benzene rings is 1. The standard InChI is InChI=1S/C24H22ClFN6O4S/c1-12-7-16(13(2)28-18-5-6-19(25)29-21(18)23(33)31-37(4,35)36)20-17(8-12)24(34)32(3)22(30-20)14-9-15(26)11-27-10-14/h5-11,13,28H,1-4H3,(H,31,33)/t13-/m1/s1. The summed E-state index contributed by atoms with van der Waals surface area (Å²) in [6.07, 6.45) is 3.32. The van der Waals surface area contributed by atoms with E-state index in [2.05, 4.69) is 15.3 Å². The molecule has 0 aliphatic rings. The molecule has 1 aromatic carbocycles. The lowest BCUT2D eigenvalue weighted by Crippen LogP contribution is -2.31. The number of nitrogens with one attached hydrogen (secondary N) is 2. The summed E-state index contributed by atoms with van der Waals surface area (Å²) >= 11 is 5.96. The summed E-state index contributed by atoms with van der Waals surface area (Å²) in [7, 11) is -2.30. The van der Waals surface area contributed by atoms with Gasteiger partial charge in [-0.3, -0.25) is 19.1 Å². The number of hydrogen-bond acceptors (Lipinski definition) is 8. The van der Waals surface area contributed by atoms with Crippen molar-refractivity contribution in [2.45, 2.75) is 19.9 Å². The minimum atomic E-state index is -3.85. The lowest BCUT2D eigenvalue weighted by atomic mass is 10.0. The van der Waals surface area contributed by atoms with E-state index in [1.807, 2.05) is 17.7 Å². The second-order valence-corrected chi connectivity index (χ2v) is 10.7. The van der Waals surface area contributed by atoms with Crippen LogP contribution in [0.15, 0.2) is 47.5 Å². The number of carbonyl (C=O) groups excluding carboxylic acids is 1. The number of anilines is 1. The van der Waals surface area contributed by atoms with E-state index >= 15 is 0 Å². The summed E-state index contributed by atoms with van der Waals surface area (Å²) in [6, 6.07) is 7.20. The Balaban J connectivity index is 1.84. The minimum Gasteiger partial charge on any atom is -0.377 e. The average molecular weight is 545 g/mol. The highest BCUT2D eigenvalue weighted by Crippen LogP contribution is 2.29. The van der Waals surface area contributed by atoms with E-state index < -0.39 is 27.8 Å². The Morgan fingerprint density at radius 3 is 2.57 bits per heavy atom. The number of halogens is 2. The van der Waals surface area contributed by atoms with Gasteiger partial charge in [0.15, 0.2) is 5.69 Å². The first-order valence-electron chi connectivity index (χ1n) is 10.9. The number of amides is 1. The molecular weight excluding hydrogens is 523 g/mol. The number of hydrogen-bond donors (Lipinski definition) is 2. The Bertz CT molecular complexity index is 1720. The number of fused-ring (bicyclic) bond motifs is 1. The molecule has 13 heteroatoms. The number of carbonyl (C=O) groups is 1. The van der Waals surface area contributed by atoms with Crippen LogP contribution < -0.4 is 15.6 Å². The molecule has 0 aliphatic heterocycles. The van der Waals surface area contributed by atoms with E-state index in [1.165, 1.54) is 29.0 Å². The first-order chi connectivity index (χ1) is 17.3. The van der Waals surface area contributed by atoms with Gasteiger partial charge < -0.3 is 5.32 Å². The molecule has 192 valence electrons. The molecule has 0 spiro atoms. The summed E-state index contributed by atoms with van der Waals surface area (Å²) < 4.78 is 40.2. The lowest BCUT2D eigenvalue weighted by Gasteiger charge is -2.20. The molecule has 0 fully saturated rings. The molecule has 37 heavy (non-hydrogen) atoms. The molecule has 0 unspecified atom stereocenters. The number of aromatic nitrogens is 4. The van der Waals surface area contributed by atoms with Crippen molar-refractivity contribution < 1.29 is 17.6 Å². The van der Waals surface area contributed by atoms with Crippen molar-refractivity contribution in [1.29, 1.82) is 0 Å². The van der Waals surface area contributed by atoms with Gasteiger partial charge in [-0.25, -0.2) is 27.5 Å². The molecule has 0 radical (unpaired) electrons. The van der Waals surface area contributed by atoms with E-state index in [4.69, 9.17) is 16.6 Å². The SMILES string of the molecule is Cc1cc([C@@H](C)Nc2ccc(Cl)nc2C(=O)NS(C)(=O)=O)c2nc(-c3cncc(F)c3)n(C)c(=O)c2c1. The maximum Gasteiger partial charge on any atom is 0.285 e. The van der Waals surface area contributed by atoms with Crippen molar-refractivity contribution in [3.63, 3.8) is 0 Å². The van der Waals surface area contributed by atoms with Crippen LogP contribution in [0.5, 0.6) is 0 Å². The third kappa shape index (κ3) is 5.59. The van der Waals surface area contributed by atoms with Gasteiger partial charge in [-0.1, -0.05) is 17.7 Å². The average Bonchev–Trinajstić information content (AvgIpc) is 2.81. The molecule has 4 aromatic rings. The predicted molar refractivity (Wildman–Crippen MR) is 139 cm³/mol. The van der Waals surface area contributed by atoms with Crippen molar-refractivity contribution in [1.82, 2.24) is 24.2 Å². The zero-order valence-corrected chi connectivity index (χ0v) is 21.8. The number of aryl methyl sites for hydroxylation is 1. The Labute approximate surface area is 216 Å². The van der Waals surface area contributed by atoms with Gasteiger partial charge in [0.2, 0.25) is 10.0 Å². The summed E-state index contributed by atoms with van der Waals surface area (Å²) in [5.41, 5.74) is 1.76. The fourth-order valence-electron chi connectivity index (χ4n) is 3.93. The monoisotopic (exact) mass is 544 g/mol. The topological polar surface area (TPSA) is 136 Å². The van der Waals surface area contributed by atoms with Crippen LogP contribution in [0.2, 0.25) is 5.15 Å². The van der Waals surface area contributed by atoms with Crippen molar-refractivity contribution >= 4 is 44.1 Å². The molecule has 1 amide bonds. The molecular formula is C24H22ClFN6O4S. The quantitative estimate of drug-likeness (QED) is 0.353. The molecule has 4 rings (SSSR count). The fourth-order valence-corrected chi connectivity index (χ4v) is 4.51. The fraction of sp³-hybridized carbons (Fsp3) is 0.208. The smallest absolute Gasteiger partial charge is 0.285 e. The summed E-state index contributed by atoms with van der Waals surface area (Å²) in [6.45, 7) is 3.61. The molecule has 2 N–H and O–H groups in total. The van der Waals surface area contributed by atoms with Crippen molar-refractivity contribution in [2.75, 3.05) is 11.6 Å². The zero-order valence-electron chi connectivity index (χ0n) is 20.2. The summed E-state index contributed by atoms with van der Waals surface area (Å²) in [5.74, 6) is -1.30. The van der Waals surface area contributed by atoms with E-state index in [1.54, 1.807) is 20.0 Å². The van der Waals surface area contributed by atoms with Crippen LogP contribution in [-0.2, 0) is 17.1 Å². The van der Waals surface area contributed by atoms with Crippen molar-refractivity contribution in [3.05, 3.63) is 80.9 Å². The second-order valence-electron chi connectivity index (χ2n) is 8.54. The minimum absolute atomic E-state index is 0.00336. The number of nitrogens with zero attached hydrogens (tertiary/aromatic N) is 4. The first kappa shape index (κ1) is 26.2. The Morgan fingerprint density at radius 1 is 1.16 bits per heavy atom. The third-order valence-electron chi connectivity index (χ3n) is 5.51. The zero-order chi connectivity index (χ0) is 27.1. The van der Waals surface area contributed by atoms with Gasteiger partial charge in [0.25, 0.3) is 11.5 Å². The molecule has 10 nitrogen and oxygen atoms in total.